The molecular weight excluding hydrogens is 482 g/mol. The number of carbonyl (C=O) groups is 1. The molecule has 0 unspecified atom stereocenters. The van der Waals surface area contributed by atoms with Gasteiger partial charge in [-0.1, -0.05) is 60.5 Å². The lowest BCUT2D eigenvalue weighted by Crippen LogP contribution is -2.25. The highest BCUT2D eigenvalue weighted by molar-refractivity contribution is 5.95. The van der Waals surface area contributed by atoms with Crippen molar-refractivity contribution in [2.24, 2.45) is 0 Å². The highest BCUT2D eigenvalue weighted by Gasteiger charge is 2.11. The van der Waals surface area contributed by atoms with Gasteiger partial charge in [0.2, 0.25) is 0 Å². The van der Waals surface area contributed by atoms with Gasteiger partial charge in [0.05, 0.1) is 17.6 Å². The highest BCUT2D eigenvalue weighted by atomic mass is 16.5. The fourth-order valence-electron chi connectivity index (χ4n) is 5.04. The summed E-state index contributed by atoms with van der Waals surface area (Å²) in [6, 6.07) is 22.5. The van der Waals surface area contributed by atoms with Gasteiger partial charge in [0, 0.05) is 25.1 Å². The van der Waals surface area contributed by atoms with Gasteiger partial charge in [0.15, 0.2) is 0 Å². The first kappa shape index (κ1) is 28.2. The Labute approximate surface area is 232 Å². The summed E-state index contributed by atoms with van der Waals surface area (Å²) in [6.45, 7) is 10.2. The summed E-state index contributed by atoms with van der Waals surface area (Å²) >= 11 is 0. The van der Waals surface area contributed by atoms with E-state index in [0.29, 0.717) is 13.2 Å². The third-order valence-electron chi connectivity index (χ3n) is 7.09. The number of imidazole rings is 1. The fraction of sp³-hybridized carbons (Fsp3) is 0.353. The lowest BCUT2D eigenvalue weighted by molar-refractivity contribution is 0.0952. The van der Waals surface area contributed by atoms with Crippen LogP contribution in [-0.4, -0.2) is 28.6 Å². The van der Waals surface area contributed by atoms with Crippen LogP contribution >= 0.6 is 0 Å². The van der Waals surface area contributed by atoms with E-state index in [0.717, 1.165) is 79.7 Å². The molecule has 0 aliphatic heterocycles. The number of allylic oxidation sites excluding steroid dienone is 1. The predicted octanol–water partition coefficient (Wildman–Crippen LogP) is 7.38. The first-order valence-electron chi connectivity index (χ1n) is 14.2. The van der Waals surface area contributed by atoms with Gasteiger partial charge < -0.3 is 14.6 Å². The zero-order valence-corrected chi connectivity index (χ0v) is 23.4. The molecule has 5 heteroatoms. The quantitative estimate of drug-likeness (QED) is 0.131. The molecule has 0 fully saturated rings. The summed E-state index contributed by atoms with van der Waals surface area (Å²) in [5, 5.41) is 3.08. The van der Waals surface area contributed by atoms with Gasteiger partial charge in [-0.3, -0.25) is 4.79 Å². The van der Waals surface area contributed by atoms with E-state index in [4.69, 9.17) is 9.72 Å². The van der Waals surface area contributed by atoms with Gasteiger partial charge in [0.25, 0.3) is 5.91 Å². The molecule has 0 aliphatic rings. The number of para-hydroxylation sites is 3. The van der Waals surface area contributed by atoms with E-state index < -0.39 is 0 Å². The second-order valence-electron chi connectivity index (χ2n) is 10.2. The molecule has 0 radical (unpaired) electrons. The topological polar surface area (TPSA) is 56.1 Å². The monoisotopic (exact) mass is 523 g/mol. The lowest BCUT2D eigenvalue weighted by atomic mass is 10.1. The minimum atomic E-state index is 0.0162. The highest BCUT2D eigenvalue weighted by Crippen LogP contribution is 2.21. The molecule has 1 N–H and O–H groups in total. The second kappa shape index (κ2) is 14.3. The molecule has 3 aromatic carbocycles. The molecule has 39 heavy (non-hydrogen) atoms. The fourth-order valence-corrected chi connectivity index (χ4v) is 5.04. The minimum Gasteiger partial charge on any atom is -0.493 e. The Morgan fingerprint density at radius 2 is 1.79 bits per heavy atom. The Morgan fingerprint density at radius 1 is 0.974 bits per heavy atom. The van der Waals surface area contributed by atoms with Crippen molar-refractivity contribution in [3.8, 4) is 5.75 Å². The van der Waals surface area contributed by atoms with Crippen LogP contribution in [0.3, 0.4) is 0 Å². The normalized spacial score (nSPS) is 11.0. The summed E-state index contributed by atoms with van der Waals surface area (Å²) in [6.07, 6.45) is 8.73. The van der Waals surface area contributed by atoms with E-state index in [1.54, 1.807) is 0 Å². The summed E-state index contributed by atoms with van der Waals surface area (Å²) < 4.78 is 8.46. The zero-order chi connectivity index (χ0) is 27.5. The maximum absolute atomic E-state index is 12.5. The van der Waals surface area contributed by atoms with Crippen molar-refractivity contribution < 1.29 is 9.53 Å². The van der Waals surface area contributed by atoms with Crippen molar-refractivity contribution in [3.63, 3.8) is 0 Å². The van der Waals surface area contributed by atoms with E-state index in [1.807, 2.05) is 50.3 Å². The Hall–Kier alpha value is -3.86. The molecule has 1 amide bonds. The molecule has 0 atom stereocenters. The van der Waals surface area contributed by atoms with E-state index in [-0.39, 0.29) is 5.91 Å². The third kappa shape index (κ3) is 7.82. The van der Waals surface area contributed by atoms with Crippen LogP contribution in [0.4, 0.5) is 0 Å². The van der Waals surface area contributed by atoms with E-state index in [1.165, 1.54) is 16.6 Å². The average Bonchev–Trinajstić information content (AvgIpc) is 3.28. The van der Waals surface area contributed by atoms with Crippen LogP contribution in [0.25, 0.3) is 11.0 Å². The number of hydrogen-bond acceptors (Lipinski definition) is 3. The van der Waals surface area contributed by atoms with Gasteiger partial charge in [-0.15, -0.1) is 6.58 Å². The Balaban J connectivity index is 1.23. The van der Waals surface area contributed by atoms with Crippen molar-refractivity contribution in [2.45, 2.75) is 65.3 Å². The summed E-state index contributed by atoms with van der Waals surface area (Å²) in [4.78, 5) is 17.5. The molecule has 1 aromatic heterocycles. The van der Waals surface area contributed by atoms with Crippen molar-refractivity contribution in [1.82, 2.24) is 14.9 Å². The average molecular weight is 524 g/mol. The SMILES string of the molecule is C=CCc1ccccc1OCCCCn1c(CCCCCNC(=O)c2ccc(C)cc2C)nc2ccccc21. The molecule has 0 spiro atoms. The second-order valence-corrected chi connectivity index (χ2v) is 10.2. The third-order valence-corrected chi connectivity index (χ3v) is 7.09. The number of ether oxygens (including phenoxy) is 1. The number of nitrogens with zero attached hydrogens (tertiary/aromatic N) is 2. The van der Waals surface area contributed by atoms with Crippen LogP contribution in [0.15, 0.2) is 79.4 Å². The van der Waals surface area contributed by atoms with E-state index in [9.17, 15) is 4.79 Å². The number of amides is 1. The molecule has 5 nitrogen and oxygen atoms in total. The van der Waals surface area contributed by atoms with Crippen LogP contribution in [0.1, 0.15) is 65.0 Å². The Morgan fingerprint density at radius 3 is 2.64 bits per heavy atom. The largest absolute Gasteiger partial charge is 0.493 e. The van der Waals surface area contributed by atoms with Gasteiger partial charge in [0.1, 0.15) is 11.6 Å². The molecule has 0 saturated carbocycles. The Bertz CT molecular complexity index is 1390. The molecule has 0 bridgehead atoms. The van der Waals surface area contributed by atoms with Crippen molar-refractivity contribution in [1.29, 1.82) is 0 Å². The number of nitrogens with one attached hydrogen (secondary N) is 1. The minimum absolute atomic E-state index is 0.0162. The van der Waals surface area contributed by atoms with Gasteiger partial charge in [-0.05, 0) is 81.3 Å². The van der Waals surface area contributed by atoms with E-state index in [2.05, 4.69) is 52.9 Å². The first-order chi connectivity index (χ1) is 19.1. The molecule has 0 saturated heterocycles. The van der Waals surface area contributed by atoms with Crippen LogP contribution in [-0.2, 0) is 19.4 Å². The number of hydrogen-bond donors (Lipinski definition) is 1. The summed E-state index contributed by atoms with van der Waals surface area (Å²) in [5.74, 6) is 2.12. The number of aryl methyl sites for hydroxylation is 4. The van der Waals surface area contributed by atoms with Gasteiger partial charge in [-0.25, -0.2) is 4.98 Å². The van der Waals surface area contributed by atoms with Gasteiger partial charge in [-0.2, -0.15) is 0 Å². The summed E-state index contributed by atoms with van der Waals surface area (Å²) in [5.41, 5.74) is 6.40. The smallest absolute Gasteiger partial charge is 0.251 e. The Kier molecular flexibility index (Phi) is 10.4. The zero-order valence-electron chi connectivity index (χ0n) is 23.4. The number of aromatic nitrogens is 2. The number of fused-ring (bicyclic) bond motifs is 1. The van der Waals surface area contributed by atoms with E-state index >= 15 is 0 Å². The lowest BCUT2D eigenvalue weighted by Gasteiger charge is -2.12. The van der Waals surface area contributed by atoms with Crippen molar-refractivity contribution in [3.05, 3.63) is 107 Å². The molecule has 4 aromatic rings. The van der Waals surface area contributed by atoms with Crippen molar-refractivity contribution >= 4 is 16.9 Å². The predicted molar refractivity (Wildman–Crippen MR) is 161 cm³/mol. The first-order valence-corrected chi connectivity index (χ1v) is 14.2. The standard InChI is InChI=1S/C34H41N3O2/c1-4-14-28-15-7-10-18-32(28)39-24-13-12-23-37-31-17-9-8-16-30(31)36-33(37)19-6-5-11-22-35-34(38)29-21-20-26(2)25-27(29)3/h4,7-10,15-18,20-21,25H,1,5-6,11-14,19,22-24H2,2-3H3,(H,35,38). The van der Waals surface area contributed by atoms with Crippen LogP contribution in [0.5, 0.6) is 5.75 Å². The van der Waals surface area contributed by atoms with Crippen LogP contribution < -0.4 is 10.1 Å². The molecular formula is C34H41N3O2. The van der Waals surface area contributed by atoms with Crippen molar-refractivity contribution in [2.75, 3.05) is 13.2 Å². The molecule has 4 rings (SSSR count). The maximum atomic E-state index is 12.5. The number of benzene rings is 3. The molecule has 1 heterocycles. The van der Waals surface area contributed by atoms with Gasteiger partial charge >= 0.3 is 0 Å². The number of unbranched alkanes of at least 4 members (excludes halogenated alkanes) is 3. The molecule has 204 valence electrons. The van der Waals surface area contributed by atoms with Crippen LogP contribution in [0.2, 0.25) is 0 Å². The number of carbonyl (C=O) groups excluding carboxylic acids is 1. The maximum Gasteiger partial charge on any atom is 0.251 e. The molecule has 0 aliphatic carbocycles. The number of rotatable bonds is 15. The van der Waals surface area contributed by atoms with Crippen LogP contribution in [0, 0.1) is 13.8 Å². The summed E-state index contributed by atoms with van der Waals surface area (Å²) in [7, 11) is 0.